The van der Waals surface area contributed by atoms with Crippen molar-refractivity contribution in [1.82, 2.24) is 30.4 Å². The van der Waals surface area contributed by atoms with E-state index in [2.05, 4.69) is 20.8 Å². The second kappa shape index (κ2) is 6.97. The van der Waals surface area contributed by atoms with E-state index in [1.165, 1.54) is 11.0 Å². The van der Waals surface area contributed by atoms with Crippen molar-refractivity contribution in [2.24, 2.45) is 0 Å². The van der Waals surface area contributed by atoms with Crippen molar-refractivity contribution in [3.63, 3.8) is 0 Å². The second-order valence-corrected chi connectivity index (χ2v) is 4.96. The summed E-state index contributed by atoms with van der Waals surface area (Å²) < 4.78 is 1.38. The molecule has 2 amide bonds. The summed E-state index contributed by atoms with van der Waals surface area (Å²) in [5, 5.41) is 13.6. The first-order valence-corrected chi connectivity index (χ1v) is 6.97. The van der Waals surface area contributed by atoms with Gasteiger partial charge in [0.2, 0.25) is 11.8 Å². The maximum Gasteiger partial charge on any atom is 0.242 e. The van der Waals surface area contributed by atoms with E-state index in [4.69, 9.17) is 0 Å². The molecule has 1 saturated heterocycles. The fourth-order valence-electron chi connectivity index (χ4n) is 2.38. The molecule has 1 aliphatic heterocycles. The Balaban J connectivity index is 1.87. The highest BCUT2D eigenvalue weighted by molar-refractivity contribution is 5.77. The molecule has 1 aromatic heterocycles. The highest BCUT2D eigenvalue weighted by Gasteiger charge is 2.22. The molecule has 20 heavy (non-hydrogen) atoms. The summed E-state index contributed by atoms with van der Waals surface area (Å²) in [6, 6.07) is 0.0111. The molecule has 2 rings (SSSR count). The molecule has 0 bridgehead atoms. The molecule has 2 heterocycles. The SMILES string of the molecule is CCC(=O)N1CCCC[C@H](NC(=O)Cn2cnnn2)C1. The van der Waals surface area contributed by atoms with E-state index >= 15 is 0 Å². The highest BCUT2D eigenvalue weighted by Crippen LogP contribution is 2.11. The molecule has 1 aromatic rings. The Morgan fingerprint density at radius 1 is 1.40 bits per heavy atom. The molecule has 0 unspecified atom stereocenters. The van der Waals surface area contributed by atoms with Gasteiger partial charge in [-0.15, -0.1) is 5.10 Å². The van der Waals surface area contributed by atoms with E-state index in [-0.39, 0.29) is 24.4 Å². The van der Waals surface area contributed by atoms with Gasteiger partial charge in [0.15, 0.2) is 0 Å². The highest BCUT2D eigenvalue weighted by atomic mass is 16.2. The lowest BCUT2D eigenvalue weighted by molar-refractivity contribution is -0.131. The third-order valence-corrected chi connectivity index (χ3v) is 3.39. The summed E-state index contributed by atoms with van der Waals surface area (Å²) in [5.41, 5.74) is 0. The van der Waals surface area contributed by atoms with Crippen molar-refractivity contribution in [1.29, 1.82) is 0 Å². The summed E-state index contributed by atoms with van der Waals surface area (Å²) in [4.78, 5) is 25.5. The van der Waals surface area contributed by atoms with E-state index in [0.717, 1.165) is 25.8 Å². The van der Waals surface area contributed by atoms with Crippen LogP contribution in [0.1, 0.15) is 32.6 Å². The van der Waals surface area contributed by atoms with Crippen LogP contribution in [0, 0.1) is 0 Å². The maximum absolute atomic E-state index is 11.9. The van der Waals surface area contributed by atoms with Gasteiger partial charge in [-0.2, -0.15) is 0 Å². The van der Waals surface area contributed by atoms with Gasteiger partial charge in [-0.05, 0) is 29.7 Å². The molecule has 0 radical (unpaired) electrons. The van der Waals surface area contributed by atoms with E-state index in [1.54, 1.807) is 0 Å². The lowest BCUT2D eigenvalue weighted by atomic mass is 10.1. The van der Waals surface area contributed by atoms with E-state index in [0.29, 0.717) is 13.0 Å². The van der Waals surface area contributed by atoms with Gasteiger partial charge < -0.3 is 10.2 Å². The van der Waals surface area contributed by atoms with Crippen molar-refractivity contribution in [3.05, 3.63) is 6.33 Å². The average Bonchev–Trinajstić information content (AvgIpc) is 2.82. The molecule has 110 valence electrons. The van der Waals surface area contributed by atoms with Gasteiger partial charge in [0.25, 0.3) is 0 Å². The van der Waals surface area contributed by atoms with Crippen molar-refractivity contribution < 1.29 is 9.59 Å². The summed E-state index contributed by atoms with van der Waals surface area (Å²) in [5.74, 6) is 0.0136. The van der Waals surface area contributed by atoms with E-state index in [9.17, 15) is 9.59 Å². The molecule has 1 aliphatic rings. The van der Waals surface area contributed by atoms with Crippen LogP contribution in [-0.4, -0.2) is 56.1 Å². The number of carbonyl (C=O) groups is 2. The third kappa shape index (κ3) is 4.01. The number of aromatic nitrogens is 4. The number of nitrogens with one attached hydrogen (secondary N) is 1. The van der Waals surface area contributed by atoms with Crippen molar-refractivity contribution in [2.45, 2.75) is 45.2 Å². The monoisotopic (exact) mass is 280 g/mol. The van der Waals surface area contributed by atoms with Crippen LogP contribution in [-0.2, 0) is 16.1 Å². The van der Waals surface area contributed by atoms with Gasteiger partial charge in [0, 0.05) is 25.6 Å². The van der Waals surface area contributed by atoms with Crippen LogP contribution in [0.25, 0.3) is 0 Å². The van der Waals surface area contributed by atoms with Gasteiger partial charge in [0.05, 0.1) is 0 Å². The Bertz CT molecular complexity index is 447. The van der Waals surface area contributed by atoms with Crippen molar-refractivity contribution in [3.8, 4) is 0 Å². The number of tetrazole rings is 1. The predicted octanol–water partition coefficient (Wildman–Crippen LogP) is -0.420. The van der Waals surface area contributed by atoms with Crippen LogP contribution in [0.3, 0.4) is 0 Å². The molecular formula is C12H20N6O2. The minimum Gasteiger partial charge on any atom is -0.350 e. The quantitative estimate of drug-likeness (QED) is 0.808. The molecule has 0 aromatic carbocycles. The zero-order chi connectivity index (χ0) is 14.4. The van der Waals surface area contributed by atoms with Crippen LogP contribution < -0.4 is 5.32 Å². The molecule has 1 fully saturated rings. The van der Waals surface area contributed by atoms with Gasteiger partial charge in [0.1, 0.15) is 12.9 Å². The summed E-state index contributed by atoms with van der Waals surface area (Å²) in [6.45, 7) is 3.34. The fraction of sp³-hybridized carbons (Fsp3) is 0.750. The third-order valence-electron chi connectivity index (χ3n) is 3.39. The van der Waals surface area contributed by atoms with Crippen molar-refractivity contribution in [2.75, 3.05) is 13.1 Å². The standard InChI is InChI=1S/C12H20N6O2/c1-2-12(20)17-6-4-3-5-10(7-17)14-11(19)8-18-9-13-15-16-18/h9-10H,2-8H2,1H3,(H,14,19)/t10-/m0/s1. The normalized spacial score (nSPS) is 19.4. The fourth-order valence-corrected chi connectivity index (χ4v) is 2.38. The molecule has 8 nitrogen and oxygen atoms in total. The van der Waals surface area contributed by atoms with E-state index in [1.807, 2.05) is 11.8 Å². The Morgan fingerprint density at radius 2 is 2.25 bits per heavy atom. The molecule has 0 spiro atoms. The molecule has 1 N–H and O–H groups in total. The summed E-state index contributed by atoms with van der Waals surface area (Å²) >= 11 is 0. The lowest BCUT2D eigenvalue weighted by Gasteiger charge is -2.24. The van der Waals surface area contributed by atoms with Gasteiger partial charge >= 0.3 is 0 Å². The van der Waals surface area contributed by atoms with E-state index < -0.39 is 0 Å². The summed E-state index contributed by atoms with van der Waals surface area (Å²) in [6.07, 6.45) is 4.81. The molecular weight excluding hydrogens is 260 g/mol. The molecule has 0 aliphatic carbocycles. The first-order chi connectivity index (χ1) is 9.69. The topological polar surface area (TPSA) is 93.0 Å². The Kier molecular flexibility index (Phi) is 5.03. The van der Waals surface area contributed by atoms with Gasteiger partial charge in [-0.3, -0.25) is 9.59 Å². The molecule has 1 atom stereocenters. The first kappa shape index (κ1) is 14.4. The number of nitrogens with zero attached hydrogens (tertiary/aromatic N) is 5. The molecule has 8 heteroatoms. The van der Waals surface area contributed by atoms with Crippen LogP contribution >= 0.6 is 0 Å². The molecule has 0 saturated carbocycles. The lowest BCUT2D eigenvalue weighted by Crippen LogP contribution is -2.45. The minimum absolute atomic E-state index is 0.0111. The zero-order valence-electron chi connectivity index (χ0n) is 11.7. The second-order valence-electron chi connectivity index (χ2n) is 4.96. The van der Waals surface area contributed by atoms with Gasteiger partial charge in [-0.1, -0.05) is 6.92 Å². The first-order valence-electron chi connectivity index (χ1n) is 6.97. The van der Waals surface area contributed by atoms with Crippen molar-refractivity contribution >= 4 is 11.8 Å². The van der Waals surface area contributed by atoms with Gasteiger partial charge in [-0.25, -0.2) is 4.68 Å². The number of carbonyl (C=O) groups excluding carboxylic acids is 2. The Morgan fingerprint density at radius 3 is 2.95 bits per heavy atom. The largest absolute Gasteiger partial charge is 0.350 e. The average molecular weight is 280 g/mol. The Labute approximate surface area is 117 Å². The number of amides is 2. The Hall–Kier alpha value is -1.99. The maximum atomic E-state index is 11.9. The smallest absolute Gasteiger partial charge is 0.242 e. The van der Waals surface area contributed by atoms with Crippen LogP contribution in [0.2, 0.25) is 0 Å². The minimum atomic E-state index is -0.131. The summed E-state index contributed by atoms with van der Waals surface area (Å²) in [7, 11) is 0. The van der Waals surface area contributed by atoms with Crippen LogP contribution in [0.5, 0.6) is 0 Å². The zero-order valence-corrected chi connectivity index (χ0v) is 11.7. The van der Waals surface area contributed by atoms with Crippen LogP contribution in [0.15, 0.2) is 6.33 Å². The number of rotatable bonds is 4. The number of hydrogen-bond donors (Lipinski definition) is 1. The number of hydrogen-bond acceptors (Lipinski definition) is 5. The predicted molar refractivity (Wildman–Crippen MR) is 70.5 cm³/mol. The van der Waals surface area contributed by atoms with Crippen LogP contribution in [0.4, 0.5) is 0 Å². The number of likely N-dealkylation sites (tertiary alicyclic amines) is 1.